The Balaban J connectivity index is 1.59. The molecule has 7 nitrogen and oxygen atoms in total. The van der Waals surface area contributed by atoms with E-state index in [4.69, 9.17) is 4.74 Å². The van der Waals surface area contributed by atoms with Gasteiger partial charge in [-0.1, -0.05) is 17.8 Å². The van der Waals surface area contributed by atoms with Gasteiger partial charge in [-0.05, 0) is 43.3 Å². The first-order chi connectivity index (χ1) is 15.0. The fraction of sp³-hybridized carbons (Fsp3) is 0.333. The van der Waals surface area contributed by atoms with E-state index < -0.39 is 4.92 Å². The molecule has 31 heavy (non-hydrogen) atoms. The molecule has 0 saturated carbocycles. The number of nitrogens with zero attached hydrogens (tertiary/aromatic N) is 3. The number of carbonyl (C=O) groups is 1. The molecule has 0 N–H and O–H groups in total. The maximum atomic E-state index is 13.3. The summed E-state index contributed by atoms with van der Waals surface area (Å²) in [7, 11) is 0. The zero-order chi connectivity index (χ0) is 21.8. The molecule has 10 heteroatoms. The number of aromatic nitrogens is 1. The van der Waals surface area contributed by atoms with Crippen molar-refractivity contribution in [1.82, 2.24) is 9.88 Å². The summed E-state index contributed by atoms with van der Waals surface area (Å²) >= 11 is 4.27. The lowest BCUT2D eigenvalue weighted by Gasteiger charge is -2.25. The number of thiazole rings is 1. The summed E-state index contributed by atoms with van der Waals surface area (Å²) in [5.41, 5.74) is 1.10. The van der Waals surface area contributed by atoms with Crippen molar-refractivity contribution in [2.75, 3.05) is 13.2 Å². The summed E-state index contributed by atoms with van der Waals surface area (Å²) in [5.74, 6) is -0.228. The van der Waals surface area contributed by atoms with E-state index in [1.54, 1.807) is 28.4 Å². The first-order valence-corrected chi connectivity index (χ1v) is 12.4. The molecular weight excluding hydrogens is 454 g/mol. The monoisotopic (exact) mass is 475 g/mol. The van der Waals surface area contributed by atoms with Crippen LogP contribution in [0, 0.1) is 17.0 Å². The van der Waals surface area contributed by atoms with Gasteiger partial charge < -0.3 is 9.64 Å². The van der Waals surface area contributed by atoms with Crippen molar-refractivity contribution in [2.24, 2.45) is 0 Å². The van der Waals surface area contributed by atoms with Crippen LogP contribution in [-0.2, 0) is 11.3 Å². The number of carbonyl (C=O) groups excluding carboxylic acids is 1. The lowest BCUT2D eigenvalue weighted by atomic mass is 10.1. The third-order valence-electron chi connectivity index (χ3n) is 4.86. The molecule has 1 aliphatic rings. The minimum Gasteiger partial charge on any atom is -0.376 e. The van der Waals surface area contributed by atoms with Crippen molar-refractivity contribution in [2.45, 2.75) is 41.6 Å². The molecule has 0 radical (unpaired) electrons. The number of rotatable bonds is 8. The van der Waals surface area contributed by atoms with Crippen molar-refractivity contribution in [3.63, 3.8) is 0 Å². The van der Waals surface area contributed by atoms with Gasteiger partial charge in [-0.3, -0.25) is 14.9 Å². The standard InChI is InChI=1S/C21H21N3O4S3/c1-14-13-30-21(22-14)31-19-7-6-15(10-18(19)24(26)27)20(25)23(11-16-4-2-8-28-16)12-17-5-3-9-29-17/h3,5-7,9-10,13,16H,2,4,8,11-12H2,1H3. The Bertz CT molecular complexity index is 1060. The predicted molar refractivity (Wildman–Crippen MR) is 122 cm³/mol. The molecule has 0 bridgehead atoms. The maximum Gasteiger partial charge on any atom is 0.284 e. The van der Waals surface area contributed by atoms with Crippen molar-refractivity contribution in [1.29, 1.82) is 0 Å². The van der Waals surface area contributed by atoms with E-state index in [0.717, 1.165) is 27.8 Å². The Labute approximate surface area is 192 Å². The Kier molecular flexibility index (Phi) is 7.01. The zero-order valence-electron chi connectivity index (χ0n) is 16.9. The number of thiophene rings is 1. The second-order valence-electron chi connectivity index (χ2n) is 7.20. The van der Waals surface area contributed by atoms with Gasteiger partial charge in [0.2, 0.25) is 0 Å². The number of benzene rings is 1. The molecule has 3 aromatic rings. The summed E-state index contributed by atoms with van der Waals surface area (Å²) in [6.07, 6.45) is 1.90. The molecule has 1 unspecified atom stereocenters. The largest absolute Gasteiger partial charge is 0.376 e. The number of nitro benzene ring substituents is 1. The summed E-state index contributed by atoms with van der Waals surface area (Å²) < 4.78 is 6.46. The molecule has 1 aliphatic heterocycles. The van der Waals surface area contributed by atoms with Crippen molar-refractivity contribution in [3.8, 4) is 0 Å². The smallest absolute Gasteiger partial charge is 0.284 e. The molecule has 1 saturated heterocycles. The van der Waals surface area contributed by atoms with Gasteiger partial charge in [0.05, 0.1) is 22.5 Å². The van der Waals surface area contributed by atoms with E-state index in [2.05, 4.69) is 4.98 Å². The molecule has 0 aliphatic carbocycles. The topological polar surface area (TPSA) is 85.6 Å². The van der Waals surface area contributed by atoms with Crippen LogP contribution >= 0.6 is 34.4 Å². The molecule has 1 amide bonds. The lowest BCUT2D eigenvalue weighted by Crippen LogP contribution is -2.36. The molecule has 1 atom stereocenters. The Hall–Kier alpha value is -2.27. The van der Waals surface area contributed by atoms with Crippen LogP contribution in [0.15, 0.2) is 50.3 Å². The minimum atomic E-state index is -0.441. The van der Waals surface area contributed by atoms with Crippen LogP contribution in [-0.4, -0.2) is 40.0 Å². The first-order valence-electron chi connectivity index (χ1n) is 9.81. The van der Waals surface area contributed by atoms with Crippen LogP contribution in [0.25, 0.3) is 0 Å². The molecule has 1 aromatic carbocycles. The number of hydrogen-bond donors (Lipinski definition) is 0. The number of aryl methyl sites for hydroxylation is 1. The third kappa shape index (κ3) is 5.51. The van der Waals surface area contributed by atoms with Crippen LogP contribution in [0.5, 0.6) is 0 Å². The minimum absolute atomic E-state index is 0.00173. The van der Waals surface area contributed by atoms with Crippen molar-refractivity contribution < 1.29 is 14.5 Å². The van der Waals surface area contributed by atoms with E-state index in [9.17, 15) is 14.9 Å². The molecule has 0 spiro atoms. The predicted octanol–water partition coefficient (Wildman–Crippen LogP) is 5.39. The third-order valence-corrected chi connectivity index (χ3v) is 7.84. The molecule has 3 heterocycles. The number of amides is 1. The molecule has 162 valence electrons. The van der Waals surface area contributed by atoms with Gasteiger partial charge in [0, 0.05) is 40.7 Å². The summed E-state index contributed by atoms with van der Waals surface area (Å²) in [6, 6.07) is 8.61. The van der Waals surface area contributed by atoms with Crippen molar-refractivity contribution in [3.05, 3.63) is 67.3 Å². The van der Waals surface area contributed by atoms with Gasteiger partial charge in [-0.25, -0.2) is 4.98 Å². The zero-order valence-corrected chi connectivity index (χ0v) is 19.3. The van der Waals surface area contributed by atoms with E-state index in [-0.39, 0.29) is 17.7 Å². The molecule has 2 aromatic heterocycles. The van der Waals surface area contributed by atoms with Gasteiger partial charge in [0.25, 0.3) is 11.6 Å². The fourth-order valence-corrected chi connectivity index (χ4v) is 5.98. The average molecular weight is 476 g/mol. The van der Waals surface area contributed by atoms with Gasteiger partial charge in [-0.2, -0.15) is 0 Å². The summed E-state index contributed by atoms with van der Waals surface area (Å²) in [5, 5.41) is 15.6. The molecular formula is C21H21N3O4S3. The van der Waals surface area contributed by atoms with E-state index >= 15 is 0 Å². The van der Waals surface area contributed by atoms with Crippen LogP contribution < -0.4 is 0 Å². The first kappa shape index (κ1) is 21.9. The van der Waals surface area contributed by atoms with E-state index in [0.29, 0.717) is 30.2 Å². The normalized spacial score (nSPS) is 15.8. The Morgan fingerprint density at radius 3 is 2.90 bits per heavy atom. The Morgan fingerprint density at radius 1 is 1.39 bits per heavy atom. The highest BCUT2D eigenvalue weighted by atomic mass is 32.2. The van der Waals surface area contributed by atoms with Crippen LogP contribution in [0.4, 0.5) is 5.69 Å². The highest BCUT2D eigenvalue weighted by Crippen LogP contribution is 2.37. The number of ether oxygens (including phenoxy) is 1. The number of nitro groups is 1. The van der Waals surface area contributed by atoms with Crippen molar-refractivity contribution >= 4 is 46.0 Å². The highest BCUT2D eigenvalue weighted by molar-refractivity contribution is 8.01. The molecule has 4 rings (SSSR count). The van der Waals surface area contributed by atoms with Crippen LogP contribution in [0.1, 0.15) is 33.8 Å². The fourth-order valence-electron chi connectivity index (χ4n) is 3.38. The quantitative estimate of drug-likeness (QED) is 0.321. The van der Waals surface area contributed by atoms with Gasteiger partial charge >= 0.3 is 0 Å². The van der Waals surface area contributed by atoms with Gasteiger partial charge in [0.15, 0.2) is 4.34 Å². The van der Waals surface area contributed by atoms with E-state index in [1.165, 1.54) is 29.2 Å². The SMILES string of the molecule is Cc1csc(Sc2ccc(C(=O)N(Cc3cccs3)CC3CCCO3)cc2[N+](=O)[O-])n1. The van der Waals surface area contributed by atoms with Crippen LogP contribution in [0.3, 0.4) is 0 Å². The second-order valence-corrected chi connectivity index (χ2v) is 10.4. The van der Waals surface area contributed by atoms with Gasteiger partial charge in [-0.15, -0.1) is 22.7 Å². The average Bonchev–Trinajstić information content (AvgIpc) is 3.51. The maximum absolute atomic E-state index is 13.3. The summed E-state index contributed by atoms with van der Waals surface area (Å²) in [6.45, 7) is 3.52. The highest BCUT2D eigenvalue weighted by Gasteiger charge is 2.26. The second kappa shape index (κ2) is 9.90. The van der Waals surface area contributed by atoms with Crippen LogP contribution in [0.2, 0.25) is 0 Å². The van der Waals surface area contributed by atoms with E-state index in [1.807, 2.05) is 29.8 Å². The Morgan fingerprint density at radius 2 is 2.26 bits per heavy atom. The molecule has 1 fully saturated rings. The number of hydrogen-bond acceptors (Lipinski definition) is 8. The lowest BCUT2D eigenvalue weighted by molar-refractivity contribution is -0.387. The summed E-state index contributed by atoms with van der Waals surface area (Å²) in [4.78, 5) is 32.3. The van der Waals surface area contributed by atoms with Gasteiger partial charge in [0.1, 0.15) is 0 Å².